The smallest absolute Gasteiger partial charge is 0.269 e. The number of rotatable bonds is 2. The number of aryl methyl sites for hydroxylation is 1. The van der Waals surface area contributed by atoms with E-state index in [0.29, 0.717) is 21.3 Å². The van der Waals surface area contributed by atoms with Crippen molar-refractivity contribution in [3.05, 3.63) is 38.3 Å². The van der Waals surface area contributed by atoms with Crippen LogP contribution in [0.5, 0.6) is 0 Å². The maximum atomic E-state index is 11.9. The molecular weight excluding hydrogens is 326 g/mol. The number of anilines is 1. The summed E-state index contributed by atoms with van der Waals surface area (Å²) in [5.74, 6) is -0.252. The number of nitrogens with one attached hydrogen (secondary N) is 1. The number of aromatic nitrogens is 2. The number of benzene rings is 1. The molecule has 0 bridgehead atoms. The molecule has 0 saturated heterocycles. The first-order chi connectivity index (χ1) is 8.08. The highest BCUT2D eigenvalue weighted by molar-refractivity contribution is 9.10. The standard InChI is InChI=1S/C10H7BrClN3OS/c1-5-9(17-15-14-5)10(16)13-8-4-6(11)2-3-7(8)12/h2-4H,1H3,(H,13,16). The molecule has 0 aliphatic heterocycles. The maximum absolute atomic E-state index is 11.9. The second kappa shape index (κ2) is 5.12. The summed E-state index contributed by atoms with van der Waals surface area (Å²) >= 11 is 10.4. The molecule has 0 aliphatic carbocycles. The summed E-state index contributed by atoms with van der Waals surface area (Å²) in [5.41, 5.74) is 1.16. The van der Waals surface area contributed by atoms with Gasteiger partial charge in [-0.05, 0) is 36.7 Å². The van der Waals surface area contributed by atoms with Gasteiger partial charge in [-0.15, -0.1) is 5.10 Å². The molecule has 2 rings (SSSR count). The molecule has 0 atom stereocenters. The van der Waals surface area contributed by atoms with E-state index in [1.54, 1.807) is 25.1 Å². The van der Waals surface area contributed by atoms with Crippen molar-refractivity contribution in [1.82, 2.24) is 9.59 Å². The molecule has 0 spiro atoms. The number of amides is 1. The average molecular weight is 333 g/mol. The Bertz CT molecular complexity index is 572. The van der Waals surface area contributed by atoms with Crippen LogP contribution in [-0.4, -0.2) is 15.5 Å². The van der Waals surface area contributed by atoms with E-state index in [9.17, 15) is 4.79 Å². The van der Waals surface area contributed by atoms with Crippen LogP contribution in [0.4, 0.5) is 5.69 Å². The first-order valence-electron chi connectivity index (χ1n) is 4.63. The predicted molar refractivity (Wildman–Crippen MR) is 71.8 cm³/mol. The van der Waals surface area contributed by atoms with Gasteiger partial charge in [0, 0.05) is 4.47 Å². The average Bonchev–Trinajstić information content (AvgIpc) is 2.70. The van der Waals surface area contributed by atoms with Crippen molar-refractivity contribution >= 4 is 50.7 Å². The van der Waals surface area contributed by atoms with E-state index >= 15 is 0 Å². The molecule has 1 amide bonds. The van der Waals surface area contributed by atoms with Crippen LogP contribution >= 0.6 is 39.1 Å². The van der Waals surface area contributed by atoms with Gasteiger partial charge in [0.1, 0.15) is 4.88 Å². The second-order valence-corrected chi connectivity index (χ2v) is 5.34. The summed E-state index contributed by atoms with van der Waals surface area (Å²) in [4.78, 5) is 12.4. The summed E-state index contributed by atoms with van der Waals surface area (Å²) in [5, 5.41) is 6.99. The number of halogens is 2. The lowest BCUT2D eigenvalue weighted by Gasteiger charge is -2.06. The van der Waals surface area contributed by atoms with Crippen molar-refractivity contribution in [2.45, 2.75) is 6.92 Å². The molecule has 0 radical (unpaired) electrons. The van der Waals surface area contributed by atoms with Crippen LogP contribution in [0.3, 0.4) is 0 Å². The Hall–Kier alpha value is -0.980. The highest BCUT2D eigenvalue weighted by Gasteiger charge is 2.14. The molecule has 1 aromatic heterocycles. The quantitative estimate of drug-likeness (QED) is 0.915. The Morgan fingerprint density at radius 3 is 2.94 bits per heavy atom. The Balaban J connectivity index is 2.24. The van der Waals surface area contributed by atoms with E-state index in [1.807, 2.05) is 0 Å². The first-order valence-corrected chi connectivity index (χ1v) is 6.57. The first kappa shape index (κ1) is 12.5. The molecule has 1 aromatic carbocycles. The molecule has 7 heteroatoms. The van der Waals surface area contributed by atoms with Gasteiger partial charge < -0.3 is 5.32 Å². The van der Waals surface area contributed by atoms with Gasteiger partial charge in [-0.3, -0.25) is 4.79 Å². The molecule has 2 aromatic rings. The van der Waals surface area contributed by atoms with Crippen LogP contribution in [0.2, 0.25) is 5.02 Å². The van der Waals surface area contributed by atoms with Crippen LogP contribution in [0.25, 0.3) is 0 Å². The second-order valence-electron chi connectivity index (χ2n) is 3.27. The summed E-state index contributed by atoms with van der Waals surface area (Å²) in [6, 6.07) is 5.25. The van der Waals surface area contributed by atoms with Crippen molar-refractivity contribution in [3.63, 3.8) is 0 Å². The van der Waals surface area contributed by atoms with Crippen LogP contribution in [0.1, 0.15) is 15.4 Å². The summed E-state index contributed by atoms with van der Waals surface area (Å²) in [6.45, 7) is 1.74. The van der Waals surface area contributed by atoms with E-state index in [0.717, 1.165) is 16.0 Å². The summed E-state index contributed by atoms with van der Waals surface area (Å²) in [7, 11) is 0. The van der Waals surface area contributed by atoms with Crippen molar-refractivity contribution in [2.24, 2.45) is 0 Å². The molecule has 88 valence electrons. The Morgan fingerprint density at radius 1 is 1.53 bits per heavy atom. The van der Waals surface area contributed by atoms with Gasteiger partial charge >= 0.3 is 0 Å². The normalized spacial score (nSPS) is 10.3. The van der Waals surface area contributed by atoms with Gasteiger partial charge in [0.15, 0.2) is 0 Å². The van der Waals surface area contributed by atoms with Gasteiger partial charge in [-0.25, -0.2) is 0 Å². The van der Waals surface area contributed by atoms with Gasteiger partial charge in [-0.2, -0.15) is 0 Å². The monoisotopic (exact) mass is 331 g/mol. The zero-order chi connectivity index (χ0) is 12.4. The van der Waals surface area contributed by atoms with Crippen molar-refractivity contribution in [1.29, 1.82) is 0 Å². The van der Waals surface area contributed by atoms with Crippen molar-refractivity contribution < 1.29 is 4.79 Å². The third kappa shape index (κ3) is 2.83. The molecule has 4 nitrogen and oxygen atoms in total. The molecule has 0 fully saturated rings. The fraction of sp³-hybridized carbons (Fsp3) is 0.100. The topological polar surface area (TPSA) is 54.9 Å². The number of carbonyl (C=O) groups is 1. The predicted octanol–water partition coefficient (Wildman–Crippen LogP) is 3.51. The number of nitrogens with zero attached hydrogens (tertiary/aromatic N) is 2. The van der Waals surface area contributed by atoms with Crippen LogP contribution in [0, 0.1) is 6.92 Å². The molecule has 0 aliphatic rings. The molecule has 0 unspecified atom stereocenters. The SMILES string of the molecule is Cc1nnsc1C(=O)Nc1cc(Br)ccc1Cl. The van der Waals surface area contributed by atoms with Crippen LogP contribution in [0.15, 0.2) is 22.7 Å². The van der Waals surface area contributed by atoms with E-state index in [2.05, 4.69) is 30.8 Å². The lowest BCUT2D eigenvalue weighted by atomic mass is 10.3. The van der Waals surface area contributed by atoms with Gasteiger partial charge in [0.25, 0.3) is 5.91 Å². The zero-order valence-corrected chi connectivity index (χ0v) is 11.9. The Morgan fingerprint density at radius 2 is 2.29 bits per heavy atom. The number of hydrogen-bond donors (Lipinski definition) is 1. The largest absolute Gasteiger partial charge is 0.320 e. The van der Waals surface area contributed by atoms with E-state index in [4.69, 9.17) is 11.6 Å². The zero-order valence-electron chi connectivity index (χ0n) is 8.70. The lowest BCUT2D eigenvalue weighted by Crippen LogP contribution is -2.11. The number of hydrogen-bond acceptors (Lipinski definition) is 4. The Labute approximate surface area is 115 Å². The minimum atomic E-state index is -0.252. The molecule has 1 heterocycles. The van der Waals surface area contributed by atoms with Gasteiger partial charge in [0.05, 0.1) is 16.4 Å². The highest BCUT2D eigenvalue weighted by atomic mass is 79.9. The van der Waals surface area contributed by atoms with Crippen LogP contribution in [-0.2, 0) is 0 Å². The Kier molecular flexibility index (Phi) is 3.76. The fourth-order valence-electron chi connectivity index (χ4n) is 1.21. The third-order valence-corrected chi connectivity index (χ3v) is 3.68. The van der Waals surface area contributed by atoms with E-state index in [-0.39, 0.29) is 5.91 Å². The minimum Gasteiger partial charge on any atom is -0.320 e. The molecule has 17 heavy (non-hydrogen) atoms. The fourth-order valence-corrected chi connectivity index (χ4v) is 2.29. The number of carbonyl (C=O) groups excluding carboxylic acids is 1. The third-order valence-electron chi connectivity index (χ3n) is 2.03. The minimum absolute atomic E-state index is 0.252. The van der Waals surface area contributed by atoms with Crippen LogP contribution < -0.4 is 5.32 Å². The van der Waals surface area contributed by atoms with Gasteiger partial charge in [-0.1, -0.05) is 32.0 Å². The summed E-state index contributed by atoms with van der Waals surface area (Å²) < 4.78 is 4.56. The molecular formula is C10H7BrClN3OS. The lowest BCUT2D eigenvalue weighted by molar-refractivity contribution is 0.103. The molecule has 1 N–H and O–H groups in total. The van der Waals surface area contributed by atoms with Crippen molar-refractivity contribution in [3.8, 4) is 0 Å². The van der Waals surface area contributed by atoms with Gasteiger partial charge in [0.2, 0.25) is 0 Å². The maximum Gasteiger partial charge on any atom is 0.269 e. The van der Waals surface area contributed by atoms with Crippen molar-refractivity contribution in [2.75, 3.05) is 5.32 Å². The van der Waals surface area contributed by atoms with E-state index in [1.165, 1.54) is 0 Å². The molecule has 0 saturated carbocycles. The summed E-state index contributed by atoms with van der Waals surface area (Å²) in [6.07, 6.45) is 0. The highest BCUT2D eigenvalue weighted by Crippen LogP contribution is 2.26. The van der Waals surface area contributed by atoms with E-state index < -0.39 is 0 Å².